The number of nitrogens with zero attached hydrogens (tertiary/aromatic N) is 5. The lowest BCUT2D eigenvalue weighted by Crippen LogP contribution is -2.62. The average Bonchev–Trinajstić information content (AvgIpc) is 2.80. The Balaban J connectivity index is 1.14. The van der Waals surface area contributed by atoms with E-state index >= 15 is 0 Å². The molecule has 4 aliphatic rings. The minimum atomic E-state index is -0.215. The van der Waals surface area contributed by atoms with Gasteiger partial charge >= 0.3 is 6.03 Å². The predicted molar refractivity (Wildman–Crippen MR) is 112 cm³/mol. The molecule has 0 spiro atoms. The van der Waals surface area contributed by atoms with E-state index in [-0.39, 0.29) is 18.0 Å². The number of piperidine rings is 4. The Morgan fingerprint density at radius 3 is 2.65 bits per heavy atom. The lowest BCUT2D eigenvalue weighted by atomic mass is 9.76. The first kappa shape index (κ1) is 20.2. The van der Waals surface area contributed by atoms with Gasteiger partial charge in [-0.25, -0.2) is 9.78 Å². The van der Waals surface area contributed by atoms with Gasteiger partial charge in [0.2, 0.25) is 5.91 Å². The molecule has 166 valence electrons. The van der Waals surface area contributed by atoms with E-state index in [1.165, 1.54) is 12.4 Å². The van der Waals surface area contributed by atoms with Crippen LogP contribution in [0.25, 0.3) is 0 Å². The molecule has 2 bridgehead atoms. The van der Waals surface area contributed by atoms with Gasteiger partial charge in [-0.1, -0.05) is 0 Å². The molecule has 1 aromatic heterocycles. The Kier molecular flexibility index (Phi) is 5.50. The van der Waals surface area contributed by atoms with Gasteiger partial charge < -0.3 is 20.0 Å². The Morgan fingerprint density at radius 1 is 1.03 bits per heavy atom. The molecule has 5 rings (SSSR count). The topological polar surface area (TPSA) is 98.7 Å². The number of amides is 4. The Bertz CT molecular complexity index is 841. The molecule has 31 heavy (non-hydrogen) atoms. The molecular weight excluding hydrogens is 396 g/mol. The van der Waals surface area contributed by atoms with Crippen LogP contribution in [0.2, 0.25) is 0 Å². The second kappa shape index (κ2) is 8.43. The van der Waals surface area contributed by atoms with Crippen LogP contribution in [0, 0.1) is 11.8 Å². The fourth-order valence-corrected chi connectivity index (χ4v) is 5.86. The molecule has 4 amide bonds. The molecule has 4 aliphatic heterocycles. The zero-order chi connectivity index (χ0) is 21.4. The number of fused-ring (bicyclic) bond motifs is 4. The van der Waals surface area contributed by atoms with Crippen molar-refractivity contribution in [2.45, 2.75) is 50.6 Å². The maximum atomic E-state index is 13.2. The number of aromatic nitrogens is 2. The molecule has 1 N–H and O–H groups in total. The summed E-state index contributed by atoms with van der Waals surface area (Å²) in [6, 6.07) is 0.472. The summed E-state index contributed by atoms with van der Waals surface area (Å²) < 4.78 is 0. The quantitative estimate of drug-likeness (QED) is 0.764. The summed E-state index contributed by atoms with van der Waals surface area (Å²) >= 11 is 0. The molecule has 0 aromatic carbocycles. The van der Waals surface area contributed by atoms with Crippen molar-refractivity contribution >= 4 is 17.8 Å². The number of likely N-dealkylation sites (tertiary alicyclic amines) is 2. The Morgan fingerprint density at radius 2 is 1.87 bits per heavy atom. The summed E-state index contributed by atoms with van der Waals surface area (Å²) in [4.78, 5) is 51.9. The molecule has 2 unspecified atom stereocenters. The third-order valence-electron chi connectivity index (χ3n) is 7.35. The fraction of sp³-hybridized carbons (Fsp3) is 0.682. The van der Waals surface area contributed by atoms with Gasteiger partial charge in [-0.2, -0.15) is 0 Å². The molecule has 0 aliphatic carbocycles. The number of nitrogens with one attached hydrogen (secondary N) is 1. The molecule has 9 heteroatoms. The van der Waals surface area contributed by atoms with Crippen LogP contribution >= 0.6 is 0 Å². The van der Waals surface area contributed by atoms with Gasteiger partial charge in [0, 0.05) is 63.6 Å². The van der Waals surface area contributed by atoms with E-state index in [9.17, 15) is 14.4 Å². The summed E-state index contributed by atoms with van der Waals surface area (Å²) in [5.74, 6) is 0.888. The maximum absolute atomic E-state index is 13.2. The monoisotopic (exact) mass is 426 g/mol. The Labute approximate surface area is 182 Å². The van der Waals surface area contributed by atoms with E-state index in [0.717, 1.165) is 51.7 Å². The molecule has 0 radical (unpaired) electrons. The van der Waals surface area contributed by atoms with Crippen LogP contribution < -0.4 is 5.32 Å². The van der Waals surface area contributed by atoms with Gasteiger partial charge in [0.25, 0.3) is 5.91 Å². The van der Waals surface area contributed by atoms with Gasteiger partial charge in [0.15, 0.2) is 0 Å². The molecule has 4 saturated heterocycles. The minimum absolute atomic E-state index is 0.0427. The fourth-order valence-electron chi connectivity index (χ4n) is 5.86. The van der Waals surface area contributed by atoms with Gasteiger partial charge in [0.1, 0.15) is 5.69 Å². The SMILES string of the molecule is O=C(NC1CCN(C(=O)N2CC3CC(C2)[C@H]2CCCC(=O)N2C3)CC1)c1cnccn1. The van der Waals surface area contributed by atoms with Gasteiger partial charge in [-0.05, 0) is 43.9 Å². The number of rotatable bonds is 2. The highest BCUT2D eigenvalue weighted by Gasteiger charge is 2.45. The van der Waals surface area contributed by atoms with Crippen LogP contribution in [0.15, 0.2) is 18.6 Å². The largest absolute Gasteiger partial charge is 0.348 e. The number of carbonyl (C=O) groups is 3. The summed E-state index contributed by atoms with van der Waals surface area (Å²) in [6.07, 6.45) is 9.85. The van der Waals surface area contributed by atoms with Crippen molar-refractivity contribution in [2.24, 2.45) is 11.8 Å². The van der Waals surface area contributed by atoms with Crippen LogP contribution in [-0.2, 0) is 4.79 Å². The van der Waals surface area contributed by atoms with Crippen molar-refractivity contribution < 1.29 is 14.4 Å². The summed E-state index contributed by atoms with van der Waals surface area (Å²) in [5, 5.41) is 3.01. The van der Waals surface area contributed by atoms with E-state index < -0.39 is 0 Å². The second-order valence-corrected chi connectivity index (χ2v) is 9.38. The first-order valence-corrected chi connectivity index (χ1v) is 11.5. The zero-order valence-electron chi connectivity index (χ0n) is 17.8. The number of hydrogen-bond acceptors (Lipinski definition) is 5. The maximum Gasteiger partial charge on any atom is 0.320 e. The highest BCUT2D eigenvalue weighted by molar-refractivity contribution is 5.92. The normalized spacial score (nSPS) is 28.8. The van der Waals surface area contributed by atoms with Crippen LogP contribution in [0.4, 0.5) is 4.79 Å². The van der Waals surface area contributed by atoms with E-state index in [2.05, 4.69) is 20.2 Å². The van der Waals surface area contributed by atoms with Crippen LogP contribution in [-0.4, -0.2) is 87.3 Å². The molecule has 3 atom stereocenters. The van der Waals surface area contributed by atoms with Crippen molar-refractivity contribution in [3.05, 3.63) is 24.3 Å². The highest BCUT2D eigenvalue weighted by Crippen LogP contribution is 2.38. The molecule has 1 aromatic rings. The summed E-state index contributed by atoms with van der Waals surface area (Å²) in [7, 11) is 0. The summed E-state index contributed by atoms with van der Waals surface area (Å²) in [5.41, 5.74) is 0.316. The standard InChI is InChI=1S/C22H30N6O3/c29-20-3-1-2-19-16-10-15(13-28(19)20)12-27(14-16)22(31)26-8-4-17(5-9-26)25-21(30)18-11-23-6-7-24-18/h6-7,11,15-17,19H,1-5,8-10,12-14H2,(H,25,30)/t15?,16?,19-/m1/s1. The van der Waals surface area contributed by atoms with Crippen molar-refractivity contribution in [3.8, 4) is 0 Å². The smallest absolute Gasteiger partial charge is 0.320 e. The van der Waals surface area contributed by atoms with Crippen molar-refractivity contribution in [3.63, 3.8) is 0 Å². The summed E-state index contributed by atoms with van der Waals surface area (Å²) in [6.45, 7) is 3.59. The molecule has 0 saturated carbocycles. The Hall–Kier alpha value is -2.71. The second-order valence-electron chi connectivity index (χ2n) is 9.38. The third kappa shape index (κ3) is 4.09. The first-order chi connectivity index (χ1) is 15.1. The zero-order valence-corrected chi connectivity index (χ0v) is 17.8. The van der Waals surface area contributed by atoms with E-state index in [4.69, 9.17) is 0 Å². The number of carbonyl (C=O) groups excluding carboxylic acids is 3. The average molecular weight is 427 g/mol. The van der Waals surface area contributed by atoms with Crippen LogP contribution in [0.1, 0.15) is 49.0 Å². The van der Waals surface area contributed by atoms with Gasteiger partial charge in [-0.3, -0.25) is 14.6 Å². The van der Waals surface area contributed by atoms with Crippen LogP contribution in [0.3, 0.4) is 0 Å². The van der Waals surface area contributed by atoms with E-state index in [0.29, 0.717) is 49.0 Å². The number of hydrogen-bond donors (Lipinski definition) is 1. The molecule has 5 heterocycles. The van der Waals surface area contributed by atoms with Crippen molar-refractivity contribution in [1.82, 2.24) is 30.0 Å². The first-order valence-electron chi connectivity index (χ1n) is 11.5. The van der Waals surface area contributed by atoms with Crippen molar-refractivity contribution in [1.29, 1.82) is 0 Å². The molecule has 4 fully saturated rings. The lowest BCUT2D eigenvalue weighted by molar-refractivity contribution is -0.144. The van der Waals surface area contributed by atoms with Crippen LogP contribution in [0.5, 0.6) is 0 Å². The van der Waals surface area contributed by atoms with E-state index in [1.807, 2.05) is 9.80 Å². The van der Waals surface area contributed by atoms with E-state index in [1.54, 1.807) is 6.20 Å². The number of urea groups is 1. The molecular formula is C22H30N6O3. The molecule has 9 nitrogen and oxygen atoms in total. The lowest BCUT2D eigenvalue weighted by Gasteiger charge is -2.53. The minimum Gasteiger partial charge on any atom is -0.348 e. The predicted octanol–water partition coefficient (Wildman–Crippen LogP) is 1.12. The third-order valence-corrected chi connectivity index (χ3v) is 7.35. The van der Waals surface area contributed by atoms with Crippen molar-refractivity contribution in [2.75, 3.05) is 32.7 Å². The van der Waals surface area contributed by atoms with Gasteiger partial charge in [-0.15, -0.1) is 0 Å². The van der Waals surface area contributed by atoms with Gasteiger partial charge in [0.05, 0.1) is 6.20 Å². The highest BCUT2D eigenvalue weighted by atomic mass is 16.2.